The molecule has 0 spiro atoms. The van der Waals surface area contributed by atoms with Crippen LogP contribution in [0, 0.1) is 19.8 Å². The third kappa shape index (κ3) is 5.06. The predicted molar refractivity (Wildman–Crippen MR) is 137 cm³/mol. The number of aromatic nitrogens is 5. The van der Waals surface area contributed by atoms with Crippen molar-refractivity contribution < 1.29 is 15.3 Å². The van der Waals surface area contributed by atoms with Crippen LogP contribution in [0.15, 0.2) is 65.5 Å². The molecule has 5 aromatic rings. The number of aryl methyl sites for hydroxylation is 2. The second kappa shape index (κ2) is 10.5. The van der Waals surface area contributed by atoms with E-state index in [9.17, 15) is 0 Å². The third-order valence-corrected chi connectivity index (χ3v) is 5.54. The van der Waals surface area contributed by atoms with Gasteiger partial charge in [-0.15, -0.1) is 10.2 Å². The lowest BCUT2D eigenvalue weighted by atomic mass is 10.1. The number of furan rings is 1. The molecule has 0 unspecified atom stereocenters. The molecule has 4 heterocycles. The lowest BCUT2D eigenvalue weighted by Crippen LogP contribution is -2.04. The molecule has 35 heavy (non-hydrogen) atoms. The zero-order valence-electron chi connectivity index (χ0n) is 21.0. The molecule has 0 radical (unpaired) electrons. The highest BCUT2D eigenvalue weighted by Crippen LogP contribution is 2.36. The summed E-state index contributed by atoms with van der Waals surface area (Å²) in [6.07, 6.45) is 4.97. The van der Waals surface area contributed by atoms with E-state index in [-0.39, 0.29) is 1.43 Å². The average molecular weight is 476 g/mol. The Morgan fingerprint density at radius 3 is 2.31 bits per heavy atom. The number of nitrogens with zero attached hydrogens (tertiary/aromatic N) is 5. The molecule has 5 rings (SSSR count). The summed E-state index contributed by atoms with van der Waals surface area (Å²) < 4.78 is 20.6. The summed E-state index contributed by atoms with van der Waals surface area (Å²) in [5.41, 5.74) is 3.19. The van der Waals surface area contributed by atoms with Gasteiger partial charge < -0.3 is 18.3 Å². The lowest BCUT2D eigenvalue weighted by Gasteiger charge is -2.15. The van der Waals surface area contributed by atoms with Gasteiger partial charge in [0.05, 0.1) is 31.8 Å². The lowest BCUT2D eigenvalue weighted by molar-refractivity contribution is 0.390. The zero-order chi connectivity index (χ0) is 24.9. The number of methoxy groups -OCH3 is 2. The molecule has 0 aliphatic carbocycles. The Kier molecular flexibility index (Phi) is 7.19. The van der Waals surface area contributed by atoms with Gasteiger partial charge in [-0.05, 0) is 62.6 Å². The maximum Gasteiger partial charge on any atom is 0.204 e. The quantitative estimate of drug-likeness (QED) is 0.302. The minimum Gasteiger partial charge on any atom is -0.494 e. The van der Waals surface area contributed by atoms with E-state index >= 15 is 0 Å². The van der Waals surface area contributed by atoms with Gasteiger partial charge in [0.1, 0.15) is 28.8 Å². The Bertz CT molecular complexity index is 1400. The molecular weight excluding hydrogens is 442 g/mol. The standard InChI is InChI=1S/C16H17N3O3.C11H14N2.H2/c1-10-8-9-14(22-10)16-18-17-11(2)19(16)15-12(20-3)6-5-7-13(15)21-4;1-9(2)7-10-11-5-3-4-6-13(11)8-12-10;/h5-9H,1-4H3;3-6,8-9H,7H2,1-2H3;1H. The monoisotopic (exact) mass is 475 g/mol. The molecule has 0 fully saturated rings. The summed E-state index contributed by atoms with van der Waals surface area (Å²) in [4.78, 5) is 4.40. The largest absolute Gasteiger partial charge is 0.494 e. The normalized spacial score (nSPS) is 10.9. The molecule has 8 nitrogen and oxygen atoms in total. The molecular formula is C27H33N5O3. The minimum absolute atomic E-state index is 0. The fourth-order valence-electron chi connectivity index (χ4n) is 3.94. The summed E-state index contributed by atoms with van der Waals surface area (Å²) in [5.74, 6) is 4.79. The fourth-order valence-corrected chi connectivity index (χ4v) is 3.94. The van der Waals surface area contributed by atoms with Gasteiger partial charge in [-0.2, -0.15) is 0 Å². The van der Waals surface area contributed by atoms with Gasteiger partial charge >= 0.3 is 0 Å². The molecule has 0 amide bonds. The molecule has 4 aromatic heterocycles. The molecule has 184 valence electrons. The van der Waals surface area contributed by atoms with Gasteiger partial charge in [-0.3, -0.25) is 4.57 Å². The Morgan fingerprint density at radius 1 is 0.943 bits per heavy atom. The molecule has 0 bridgehead atoms. The van der Waals surface area contributed by atoms with Crippen molar-refractivity contribution in [2.75, 3.05) is 14.2 Å². The van der Waals surface area contributed by atoms with Crippen LogP contribution in [0.25, 0.3) is 22.8 Å². The first-order valence-corrected chi connectivity index (χ1v) is 11.5. The molecule has 0 N–H and O–H groups in total. The van der Waals surface area contributed by atoms with Crippen molar-refractivity contribution in [3.8, 4) is 28.8 Å². The van der Waals surface area contributed by atoms with Crippen LogP contribution in [0.1, 0.15) is 32.6 Å². The van der Waals surface area contributed by atoms with Crippen molar-refractivity contribution >= 4 is 5.52 Å². The summed E-state index contributed by atoms with van der Waals surface area (Å²) in [6.45, 7) is 8.20. The highest BCUT2D eigenvalue weighted by molar-refractivity contribution is 5.63. The highest BCUT2D eigenvalue weighted by atomic mass is 16.5. The van der Waals surface area contributed by atoms with Crippen molar-refractivity contribution in [2.45, 2.75) is 34.1 Å². The summed E-state index contributed by atoms with van der Waals surface area (Å²) >= 11 is 0. The van der Waals surface area contributed by atoms with Crippen LogP contribution in [0.3, 0.4) is 0 Å². The summed E-state index contributed by atoms with van der Waals surface area (Å²) in [5, 5.41) is 8.41. The van der Waals surface area contributed by atoms with E-state index in [1.165, 1.54) is 11.2 Å². The summed E-state index contributed by atoms with van der Waals surface area (Å²) in [7, 11) is 3.24. The van der Waals surface area contributed by atoms with E-state index in [1.807, 2.05) is 67.3 Å². The smallest absolute Gasteiger partial charge is 0.204 e. The number of pyridine rings is 1. The third-order valence-electron chi connectivity index (χ3n) is 5.54. The van der Waals surface area contributed by atoms with Gasteiger partial charge in [0.15, 0.2) is 5.76 Å². The molecule has 0 atom stereocenters. The van der Waals surface area contributed by atoms with Crippen molar-refractivity contribution in [1.29, 1.82) is 0 Å². The van der Waals surface area contributed by atoms with Crippen LogP contribution >= 0.6 is 0 Å². The number of imidazole rings is 1. The van der Waals surface area contributed by atoms with Gasteiger partial charge in [0, 0.05) is 7.62 Å². The highest BCUT2D eigenvalue weighted by Gasteiger charge is 2.21. The van der Waals surface area contributed by atoms with Gasteiger partial charge in [-0.1, -0.05) is 26.0 Å². The second-order valence-corrected chi connectivity index (χ2v) is 8.61. The summed E-state index contributed by atoms with van der Waals surface area (Å²) in [6, 6.07) is 15.6. The van der Waals surface area contributed by atoms with Crippen LogP contribution in [0.4, 0.5) is 0 Å². The first-order valence-electron chi connectivity index (χ1n) is 11.5. The number of rotatable bonds is 6. The number of fused-ring (bicyclic) bond motifs is 1. The van der Waals surface area contributed by atoms with Crippen molar-refractivity contribution in [1.82, 2.24) is 24.1 Å². The fraction of sp³-hybridized carbons (Fsp3) is 0.296. The number of hydrogen-bond acceptors (Lipinski definition) is 6. The van der Waals surface area contributed by atoms with E-state index in [1.54, 1.807) is 14.2 Å². The Balaban J connectivity index is 0.000000221. The first-order chi connectivity index (χ1) is 16.9. The van der Waals surface area contributed by atoms with Crippen molar-refractivity contribution in [3.05, 3.63) is 78.3 Å². The van der Waals surface area contributed by atoms with E-state index in [0.717, 1.165) is 17.9 Å². The van der Waals surface area contributed by atoms with Crippen LogP contribution < -0.4 is 9.47 Å². The van der Waals surface area contributed by atoms with Crippen molar-refractivity contribution in [3.63, 3.8) is 0 Å². The van der Waals surface area contributed by atoms with E-state index < -0.39 is 0 Å². The molecule has 0 saturated carbocycles. The Labute approximate surface area is 206 Å². The number of para-hydroxylation sites is 1. The first kappa shape index (κ1) is 24.1. The SMILES string of the molecule is CC(C)Cc1ncn2ccccc12.COc1cccc(OC)c1-n1c(C)nnc1-c1ccc(C)o1.[HH]. The van der Waals surface area contributed by atoms with E-state index in [4.69, 9.17) is 13.9 Å². The Hall–Kier alpha value is -4.07. The van der Waals surface area contributed by atoms with Crippen LogP contribution in [-0.2, 0) is 6.42 Å². The number of ether oxygens (including phenoxy) is 2. The minimum atomic E-state index is 0. The van der Waals surface area contributed by atoms with Gasteiger partial charge in [-0.25, -0.2) is 4.98 Å². The van der Waals surface area contributed by atoms with Crippen molar-refractivity contribution in [2.24, 2.45) is 5.92 Å². The van der Waals surface area contributed by atoms with E-state index in [2.05, 4.69) is 45.6 Å². The Morgan fingerprint density at radius 2 is 1.69 bits per heavy atom. The topological polar surface area (TPSA) is 79.6 Å². The molecule has 1 aromatic carbocycles. The number of benzene rings is 1. The molecule has 0 saturated heterocycles. The molecule has 0 aliphatic rings. The van der Waals surface area contributed by atoms with Crippen LogP contribution in [-0.4, -0.2) is 38.4 Å². The van der Waals surface area contributed by atoms with Crippen LogP contribution in [0.5, 0.6) is 11.5 Å². The maximum atomic E-state index is 5.69. The second-order valence-electron chi connectivity index (χ2n) is 8.61. The molecule has 0 aliphatic heterocycles. The maximum absolute atomic E-state index is 5.69. The van der Waals surface area contributed by atoms with Gasteiger partial charge in [0.2, 0.25) is 5.82 Å². The average Bonchev–Trinajstić information content (AvgIpc) is 3.57. The van der Waals surface area contributed by atoms with Crippen LogP contribution in [0.2, 0.25) is 0 Å². The van der Waals surface area contributed by atoms with Gasteiger partial charge in [0.25, 0.3) is 0 Å². The zero-order valence-corrected chi connectivity index (χ0v) is 21.0. The predicted octanol–water partition coefficient (Wildman–Crippen LogP) is 5.94. The number of hydrogen-bond donors (Lipinski definition) is 0. The van der Waals surface area contributed by atoms with E-state index in [0.29, 0.717) is 34.8 Å². The molecule has 8 heteroatoms.